The third kappa shape index (κ3) is 7.29. The molecule has 2 amide bonds. The average Bonchev–Trinajstić information content (AvgIpc) is 3.66. The van der Waals surface area contributed by atoms with Crippen LogP contribution in [-0.2, 0) is 14.8 Å². The maximum atomic E-state index is 13.6. The number of carbonyl (C=O) groups is 2. The van der Waals surface area contributed by atoms with Crippen molar-refractivity contribution in [3.05, 3.63) is 102 Å². The summed E-state index contributed by atoms with van der Waals surface area (Å²) in [6, 6.07) is 22.0. The number of benzene rings is 3. The van der Waals surface area contributed by atoms with Crippen LogP contribution in [0.25, 0.3) is 22.2 Å². The van der Waals surface area contributed by atoms with Gasteiger partial charge in [-0.05, 0) is 82.5 Å². The van der Waals surface area contributed by atoms with Crippen LogP contribution in [0, 0.1) is 0 Å². The van der Waals surface area contributed by atoms with Gasteiger partial charge in [-0.3, -0.25) is 10.1 Å². The monoisotopic (exact) mass is 686 g/mol. The molecule has 6 rings (SSSR count). The Balaban J connectivity index is 1.13. The number of hydrogen-bond acceptors (Lipinski definition) is 8. The van der Waals surface area contributed by atoms with Crippen LogP contribution in [-0.4, -0.2) is 52.0 Å². The summed E-state index contributed by atoms with van der Waals surface area (Å²) < 4.78 is 33.7. The molecule has 2 atom stereocenters. The molecular formula is C35H35ClN6O5S. The van der Waals surface area contributed by atoms with Crippen LogP contribution >= 0.6 is 11.6 Å². The van der Waals surface area contributed by atoms with Crippen LogP contribution < -0.4 is 16.0 Å². The molecule has 0 spiro atoms. The lowest BCUT2D eigenvalue weighted by Gasteiger charge is -2.19. The Morgan fingerprint density at radius 3 is 2.35 bits per heavy atom. The van der Waals surface area contributed by atoms with Crippen molar-refractivity contribution >= 4 is 56.2 Å². The van der Waals surface area contributed by atoms with Crippen molar-refractivity contribution < 1.29 is 22.7 Å². The van der Waals surface area contributed by atoms with E-state index in [2.05, 4.69) is 20.9 Å². The molecule has 0 radical (unpaired) electrons. The zero-order chi connectivity index (χ0) is 34.1. The molecular weight excluding hydrogens is 652 g/mol. The van der Waals surface area contributed by atoms with Crippen molar-refractivity contribution in [2.45, 2.75) is 62.6 Å². The Kier molecular flexibility index (Phi) is 9.13. The molecule has 3 aromatic carbocycles. The van der Waals surface area contributed by atoms with Crippen molar-refractivity contribution in [3.8, 4) is 11.3 Å². The number of anilines is 2. The van der Waals surface area contributed by atoms with Crippen molar-refractivity contribution in [3.63, 3.8) is 0 Å². The van der Waals surface area contributed by atoms with Gasteiger partial charge >= 0.3 is 6.09 Å². The van der Waals surface area contributed by atoms with Crippen LogP contribution in [0.3, 0.4) is 0 Å². The van der Waals surface area contributed by atoms with Crippen LogP contribution in [0.5, 0.6) is 0 Å². The number of aromatic nitrogens is 3. The van der Waals surface area contributed by atoms with E-state index < -0.39 is 21.7 Å². The number of ether oxygens (including phenoxy) is 1. The third-order valence-corrected chi connectivity index (χ3v) is 9.84. The minimum Gasteiger partial charge on any atom is -0.444 e. The fourth-order valence-corrected chi connectivity index (χ4v) is 7.27. The van der Waals surface area contributed by atoms with Crippen molar-refractivity contribution in [2.24, 2.45) is 0 Å². The van der Waals surface area contributed by atoms with Gasteiger partial charge in [0, 0.05) is 40.5 Å². The van der Waals surface area contributed by atoms with E-state index in [4.69, 9.17) is 21.3 Å². The maximum absolute atomic E-state index is 13.6. The molecule has 0 bridgehead atoms. The number of hydrogen-bond donors (Lipinski definition) is 3. The van der Waals surface area contributed by atoms with E-state index in [9.17, 15) is 18.0 Å². The largest absolute Gasteiger partial charge is 0.444 e. The van der Waals surface area contributed by atoms with Crippen LogP contribution in [0.1, 0.15) is 50.4 Å². The lowest BCUT2D eigenvalue weighted by Crippen LogP contribution is -2.34. The molecule has 1 saturated carbocycles. The first-order chi connectivity index (χ1) is 22.9. The smallest absolute Gasteiger partial charge is 0.412 e. The number of nitrogens with one attached hydrogen (secondary N) is 3. The third-order valence-electron chi connectivity index (χ3n) is 7.87. The first-order valence-electron chi connectivity index (χ1n) is 15.5. The summed E-state index contributed by atoms with van der Waals surface area (Å²) in [5.41, 5.74) is 1.85. The molecule has 13 heteroatoms. The second-order valence-electron chi connectivity index (χ2n) is 12.6. The molecule has 11 nitrogen and oxygen atoms in total. The molecule has 1 aliphatic carbocycles. The molecule has 1 fully saturated rings. The van der Waals surface area contributed by atoms with E-state index in [0.717, 1.165) is 12.8 Å². The Hall–Kier alpha value is -4.94. The van der Waals surface area contributed by atoms with Gasteiger partial charge in [0.05, 0.1) is 27.3 Å². The molecule has 5 aromatic rings. The number of rotatable bonds is 8. The number of fused-ring (bicyclic) bond motifs is 1. The van der Waals surface area contributed by atoms with Gasteiger partial charge in [-0.25, -0.2) is 27.2 Å². The zero-order valence-electron chi connectivity index (χ0n) is 26.6. The lowest BCUT2D eigenvalue weighted by molar-refractivity contribution is 0.0635. The van der Waals surface area contributed by atoms with Gasteiger partial charge in [0.15, 0.2) is 0 Å². The first-order valence-corrected chi connectivity index (χ1v) is 17.3. The van der Waals surface area contributed by atoms with E-state index in [1.54, 1.807) is 93.7 Å². The normalized spacial score (nSPS) is 16.4. The number of carbonyl (C=O) groups excluding carboxylic acids is 2. The van der Waals surface area contributed by atoms with Crippen LogP contribution in [0.4, 0.5) is 16.4 Å². The van der Waals surface area contributed by atoms with Gasteiger partial charge in [-0.1, -0.05) is 48.0 Å². The summed E-state index contributed by atoms with van der Waals surface area (Å²) in [7, 11) is -3.89. The van der Waals surface area contributed by atoms with Crippen molar-refractivity contribution in [2.75, 3.05) is 10.6 Å². The molecule has 1 unspecified atom stereocenters. The summed E-state index contributed by atoms with van der Waals surface area (Å²) in [5.74, 6) is 0.138. The molecule has 248 valence electrons. The molecule has 3 N–H and O–H groups in total. The van der Waals surface area contributed by atoms with E-state index in [-0.39, 0.29) is 27.9 Å². The van der Waals surface area contributed by atoms with E-state index in [0.29, 0.717) is 45.8 Å². The highest BCUT2D eigenvalue weighted by Crippen LogP contribution is 2.36. The predicted octanol–water partition coefficient (Wildman–Crippen LogP) is 7.10. The Bertz CT molecular complexity index is 2080. The van der Waals surface area contributed by atoms with Gasteiger partial charge in [-0.2, -0.15) is 0 Å². The van der Waals surface area contributed by atoms with E-state index in [1.165, 1.54) is 10.2 Å². The fourth-order valence-electron chi connectivity index (χ4n) is 5.69. The Morgan fingerprint density at radius 2 is 1.62 bits per heavy atom. The topological polar surface area (TPSA) is 144 Å². The van der Waals surface area contributed by atoms with E-state index >= 15 is 0 Å². The molecule has 0 aliphatic heterocycles. The molecule has 2 heterocycles. The van der Waals surface area contributed by atoms with Gasteiger partial charge in [0.1, 0.15) is 5.60 Å². The summed E-state index contributed by atoms with van der Waals surface area (Å²) in [5, 5.41) is 10.1. The Morgan fingerprint density at radius 1 is 0.938 bits per heavy atom. The van der Waals surface area contributed by atoms with Crippen LogP contribution in [0.2, 0.25) is 5.02 Å². The molecule has 2 aromatic heterocycles. The summed E-state index contributed by atoms with van der Waals surface area (Å²) in [6.07, 6.45) is 4.67. The second-order valence-corrected chi connectivity index (χ2v) is 14.8. The fraction of sp³-hybridized carbons (Fsp3) is 0.257. The van der Waals surface area contributed by atoms with Gasteiger partial charge in [-0.15, -0.1) is 0 Å². The number of halogens is 1. The zero-order valence-corrected chi connectivity index (χ0v) is 28.2. The molecule has 0 saturated heterocycles. The van der Waals surface area contributed by atoms with Crippen molar-refractivity contribution in [1.29, 1.82) is 0 Å². The summed E-state index contributed by atoms with van der Waals surface area (Å²) in [6.45, 7) is 5.35. The minimum atomic E-state index is -3.89. The predicted molar refractivity (Wildman–Crippen MR) is 186 cm³/mol. The number of para-hydroxylation sites is 1. The summed E-state index contributed by atoms with van der Waals surface area (Å²) in [4.78, 5) is 34.3. The highest BCUT2D eigenvalue weighted by atomic mass is 35.5. The minimum absolute atomic E-state index is 0.00969. The highest BCUT2D eigenvalue weighted by molar-refractivity contribution is 7.90. The molecule has 1 aliphatic rings. The Labute approximate surface area is 283 Å². The lowest BCUT2D eigenvalue weighted by atomic mass is 10.1. The maximum Gasteiger partial charge on any atom is 0.412 e. The van der Waals surface area contributed by atoms with Gasteiger partial charge in [0.25, 0.3) is 15.9 Å². The highest BCUT2D eigenvalue weighted by Gasteiger charge is 2.28. The number of nitrogens with zero attached hydrogens (tertiary/aromatic N) is 3. The summed E-state index contributed by atoms with van der Waals surface area (Å²) >= 11 is 6.60. The van der Waals surface area contributed by atoms with Gasteiger partial charge in [0.2, 0.25) is 5.95 Å². The van der Waals surface area contributed by atoms with E-state index in [1.807, 2.05) is 12.1 Å². The van der Waals surface area contributed by atoms with Crippen LogP contribution in [0.15, 0.2) is 96.2 Å². The SMILES string of the molecule is CC(C)(C)OC(=O)Nc1ccc(C(=O)NC2CC[C@H](Nc3ncc(Cl)c(-c4cn(S(=O)(=O)c5ccccc5)c5ccccc45)n3)C2)cc1. The quantitative estimate of drug-likeness (QED) is 0.157. The first kappa shape index (κ1) is 33.0. The average molecular weight is 687 g/mol. The molecule has 48 heavy (non-hydrogen) atoms. The standard InChI is InChI=1S/C35H35ClN6O5S/c1-35(2,3)47-34(44)40-23-15-13-22(14-16-23)32(43)38-24-17-18-25(19-24)39-33-37-20-29(36)31(41-33)28-21-42(30-12-8-7-11-27(28)30)48(45,46)26-9-5-4-6-10-26/h4-16,20-21,24-25H,17-19H2,1-3H3,(H,38,43)(H,40,44)(H,37,39,41)/t24?,25-/m0/s1. The van der Waals surface area contributed by atoms with Gasteiger partial charge < -0.3 is 15.4 Å². The number of amides is 2. The van der Waals surface area contributed by atoms with Crippen molar-refractivity contribution in [1.82, 2.24) is 19.3 Å². The second kappa shape index (κ2) is 13.3.